The molecular formula is C14H24N4O. The second kappa shape index (κ2) is 5.63. The Kier molecular flexibility index (Phi) is 4.12. The van der Waals surface area contributed by atoms with Gasteiger partial charge in [0.15, 0.2) is 0 Å². The van der Waals surface area contributed by atoms with Gasteiger partial charge in [0.05, 0.1) is 6.04 Å². The summed E-state index contributed by atoms with van der Waals surface area (Å²) in [5, 5.41) is 4.26. The van der Waals surface area contributed by atoms with Crippen molar-refractivity contribution in [3.8, 4) is 0 Å². The maximum absolute atomic E-state index is 12.3. The molecule has 0 radical (unpaired) electrons. The molecule has 106 valence electrons. The number of rotatable bonds is 3. The number of nitrogen functional groups attached to an aromatic ring is 1. The van der Waals surface area contributed by atoms with Gasteiger partial charge in [-0.2, -0.15) is 5.10 Å². The number of piperidine rings is 1. The van der Waals surface area contributed by atoms with Crippen LogP contribution in [0.3, 0.4) is 0 Å². The highest BCUT2D eigenvalue weighted by Crippen LogP contribution is 2.24. The summed E-state index contributed by atoms with van der Waals surface area (Å²) in [6.45, 7) is 7.86. The minimum Gasteiger partial charge on any atom is -0.382 e. The van der Waals surface area contributed by atoms with Crippen LogP contribution in [-0.2, 0) is 4.79 Å². The Morgan fingerprint density at radius 3 is 2.47 bits per heavy atom. The Hall–Kier alpha value is -1.52. The van der Waals surface area contributed by atoms with Crippen LogP contribution in [0, 0.1) is 11.8 Å². The van der Waals surface area contributed by atoms with Gasteiger partial charge in [-0.1, -0.05) is 20.8 Å². The van der Waals surface area contributed by atoms with E-state index in [1.165, 1.54) is 0 Å². The van der Waals surface area contributed by atoms with E-state index >= 15 is 0 Å². The van der Waals surface area contributed by atoms with E-state index < -0.39 is 0 Å². The Balaban J connectivity index is 1.90. The van der Waals surface area contributed by atoms with Crippen molar-refractivity contribution in [2.75, 3.05) is 18.8 Å². The van der Waals surface area contributed by atoms with Gasteiger partial charge < -0.3 is 10.6 Å². The van der Waals surface area contributed by atoms with Crippen LogP contribution in [0.15, 0.2) is 12.3 Å². The third-order valence-corrected chi connectivity index (χ3v) is 4.17. The first-order valence-corrected chi connectivity index (χ1v) is 7.08. The average molecular weight is 264 g/mol. The van der Waals surface area contributed by atoms with Gasteiger partial charge in [-0.15, -0.1) is 0 Å². The summed E-state index contributed by atoms with van der Waals surface area (Å²) in [7, 11) is 0. The molecule has 0 spiro atoms. The van der Waals surface area contributed by atoms with Crippen molar-refractivity contribution in [1.29, 1.82) is 0 Å². The van der Waals surface area contributed by atoms with Crippen LogP contribution in [0.4, 0.5) is 5.82 Å². The fourth-order valence-electron chi connectivity index (χ4n) is 2.48. The molecule has 5 heteroatoms. The molecule has 1 atom stereocenters. The normalized spacial score (nSPS) is 18.8. The fourth-order valence-corrected chi connectivity index (χ4v) is 2.48. The highest BCUT2D eigenvalue weighted by molar-refractivity contribution is 5.78. The smallest absolute Gasteiger partial charge is 0.225 e. The fraction of sp³-hybridized carbons (Fsp3) is 0.714. The molecule has 2 heterocycles. The molecule has 1 aromatic rings. The van der Waals surface area contributed by atoms with Gasteiger partial charge in [-0.3, -0.25) is 9.48 Å². The van der Waals surface area contributed by atoms with Crippen molar-refractivity contribution in [3.63, 3.8) is 0 Å². The van der Waals surface area contributed by atoms with Crippen molar-refractivity contribution in [2.45, 2.75) is 39.7 Å². The van der Waals surface area contributed by atoms with Gasteiger partial charge in [0.2, 0.25) is 5.91 Å². The van der Waals surface area contributed by atoms with Crippen molar-refractivity contribution < 1.29 is 4.79 Å². The number of hydrogen-bond donors (Lipinski definition) is 1. The molecular weight excluding hydrogens is 240 g/mol. The van der Waals surface area contributed by atoms with Crippen molar-refractivity contribution in [1.82, 2.24) is 14.7 Å². The second-order valence-electron chi connectivity index (χ2n) is 5.81. The van der Waals surface area contributed by atoms with Gasteiger partial charge >= 0.3 is 0 Å². The van der Waals surface area contributed by atoms with Gasteiger partial charge in [0.1, 0.15) is 5.82 Å². The number of nitrogens with zero attached hydrogens (tertiary/aromatic N) is 3. The number of hydrogen-bond acceptors (Lipinski definition) is 3. The Labute approximate surface area is 114 Å². The topological polar surface area (TPSA) is 64.2 Å². The largest absolute Gasteiger partial charge is 0.382 e. The van der Waals surface area contributed by atoms with Crippen LogP contribution >= 0.6 is 0 Å². The lowest BCUT2D eigenvalue weighted by molar-refractivity contribution is -0.137. The summed E-state index contributed by atoms with van der Waals surface area (Å²) in [5.74, 6) is 1.36. The van der Waals surface area contributed by atoms with E-state index in [0.29, 0.717) is 17.8 Å². The van der Waals surface area contributed by atoms with E-state index in [0.717, 1.165) is 25.9 Å². The number of carbonyl (C=O) groups is 1. The molecule has 1 aliphatic rings. The molecule has 1 aliphatic heterocycles. The van der Waals surface area contributed by atoms with E-state index in [4.69, 9.17) is 5.73 Å². The van der Waals surface area contributed by atoms with Crippen molar-refractivity contribution >= 4 is 11.7 Å². The molecule has 2 N–H and O–H groups in total. The molecule has 5 nitrogen and oxygen atoms in total. The SMILES string of the molecule is CC(C)C(C)C(=O)N1CCC(n2ccc(N)n2)CC1. The molecule has 1 amide bonds. The summed E-state index contributed by atoms with van der Waals surface area (Å²) in [4.78, 5) is 14.3. The molecule has 0 aromatic carbocycles. The lowest BCUT2D eigenvalue weighted by atomic mass is 9.95. The molecule has 1 aromatic heterocycles. The van der Waals surface area contributed by atoms with Crippen LogP contribution in [-0.4, -0.2) is 33.7 Å². The number of nitrogens with two attached hydrogens (primary N) is 1. The van der Waals surface area contributed by atoms with Crippen molar-refractivity contribution in [2.24, 2.45) is 11.8 Å². The number of amides is 1. The third kappa shape index (κ3) is 3.08. The van der Waals surface area contributed by atoms with Crippen LogP contribution < -0.4 is 5.73 Å². The van der Waals surface area contributed by atoms with E-state index in [2.05, 4.69) is 18.9 Å². The molecule has 0 bridgehead atoms. The first kappa shape index (κ1) is 13.9. The summed E-state index contributed by atoms with van der Waals surface area (Å²) >= 11 is 0. The maximum Gasteiger partial charge on any atom is 0.225 e. The second-order valence-corrected chi connectivity index (χ2v) is 5.81. The zero-order valence-electron chi connectivity index (χ0n) is 12.0. The Bertz CT molecular complexity index is 432. The maximum atomic E-state index is 12.3. The Morgan fingerprint density at radius 2 is 2.00 bits per heavy atom. The number of anilines is 1. The quantitative estimate of drug-likeness (QED) is 0.907. The summed E-state index contributed by atoms with van der Waals surface area (Å²) in [6.07, 6.45) is 3.84. The first-order valence-electron chi connectivity index (χ1n) is 7.08. The monoisotopic (exact) mass is 264 g/mol. The predicted octanol–water partition coefficient (Wildman–Crippen LogP) is 1.92. The summed E-state index contributed by atoms with van der Waals surface area (Å²) in [5.41, 5.74) is 5.64. The zero-order valence-corrected chi connectivity index (χ0v) is 12.0. The average Bonchev–Trinajstić information content (AvgIpc) is 2.84. The number of aromatic nitrogens is 2. The van der Waals surface area contributed by atoms with Crippen LogP contribution in [0.2, 0.25) is 0 Å². The molecule has 1 fully saturated rings. The number of carbonyl (C=O) groups excluding carboxylic acids is 1. The van der Waals surface area contributed by atoms with Crippen LogP contribution in [0.1, 0.15) is 39.7 Å². The highest BCUT2D eigenvalue weighted by atomic mass is 16.2. The minimum atomic E-state index is 0.108. The summed E-state index contributed by atoms with van der Waals surface area (Å²) in [6, 6.07) is 2.19. The van der Waals surface area contributed by atoms with E-state index in [1.54, 1.807) is 0 Å². The lowest BCUT2D eigenvalue weighted by Crippen LogP contribution is -2.42. The standard InChI is InChI=1S/C14H24N4O/c1-10(2)11(3)14(19)17-7-4-12(5-8-17)18-9-6-13(15)16-18/h6,9-12H,4-5,7-8H2,1-3H3,(H2,15,16). The zero-order chi connectivity index (χ0) is 14.0. The van der Waals surface area contributed by atoms with Crippen LogP contribution in [0.25, 0.3) is 0 Å². The van der Waals surface area contributed by atoms with E-state index in [-0.39, 0.29) is 11.8 Å². The third-order valence-electron chi connectivity index (χ3n) is 4.17. The van der Waals surface area contributed by atoms with Crippen molar-refractivity contribution in [3.05, 3.63) is 12.3 Å². The van der Waals surface area contributed by atoms with Gasteiger partial charge in [0, 0.05) is 25.2 Å². The summed E-state index contributed by atoms with van der Waals surface area (Å²) < 4.78 is 1.93. The number of likely N-dealkylation sites (tertiary alicyclic amines) is 1. The van der Waals surface area contributed by atoms with Gasteiger partial charge in [-0.25, -0.2) is 0 Å². The Morgan fingerprint density at radius 1 is 1.37 bits per heavy atom. The first-order chi connectivity index (χ1) is 8.99. The van der Waals surface area contributed by atoms with Gasteiger partial charge in [0.25, 0.3) is 0 Å². The van der Waals surface area contributed by atoms with Gasteiger partial charge in [-0.05, 0) is 24.8 Å². The minimum absolute atomic E-state index is 0.108. The molecule has 1 saturated heterocycles. The highest BCUT2D eigenvalue weighted by Gasteiger charge is 2.28. The molecule has 0 saturated carbocycles. The lowest BCUT2D eigenvalue weighted by Gasteiger charge is -2.34. The van der Waals surface area contributed by atoms with Crippen LogP contribution in [0.5, 0.6) is 0 Å². The molecule has 1 unspecified atom stereocenters. The molecule has 19 heavy (non-hydrogen) atoms. The molecule has 0 aliphatic carbocycles. The van der Waals surface area contributed by atoms with E-state index in [1.807, 2.05) is 28.8 Å². The predicted molar refractivity (Wildman–Crippen MR) is 75.5 cm³/mol. The molecule has 2 rings (SSSR count). The van der Waals surface area contributed by atoms with E-state index in [9.17, 15) is 4.79 Å².